The van der Waals surface area contributed by atoms with Crippen molar-refractivity contribution in [2.45, 2.75) is 25.5 Å². The fraction of sp³-hybridized carbons (Fsp3) is 0.222. The van der Waals surface area contributed by atoms with Crippen molar-refractivity contribution in [2.75, 3.05) is 0 Å². The SMILES string of the molecule is CC1(c2cccc(OCc3ccccc3)c2)CC(=O)NC(N)=N1. The molecule has 5 heteroatoms. The summed E-state index contributed by atoms with van der Waals surface area (Å²) in [5, 5.41) is 2.52. The van der Waals surface area contributed by atoms with E-state index in [2.05, 4.69) is 10.3 Å². The van der Waals surface area contributed by atoms with E-state index >= 15 is 0 Å². The maximum absolute atomic E-state index is 11.8. The molecule has 3 rings (SSSR count). The number of guanidine groups is 1. The lowest BCUT2D eigenvalue weighted by Crippen LogP contribution is -2.46. The lowest BCUT2D eigenvalue weighted by Gasteiger charge is -2.29. The van der Waals surface area contributed by atoms with Crippen molar-refractivity contribution >= 4 is 11.9 Å². The number of hydrogen-bond acceptors (Lipinski definition) is 4. The number of nitrogens with two attached hydrogens (primary N) is 1. The molecule has 1 aliphatic heterocycles. The Morgan fingerprint density at radius 1 is 1.22 bits per heavy atom. The Kier molecular flexibility index (Phi) is 4.02. The normalized spacial score (nSPS) is 20.6. The quantitative estimate of drug-likeness (QED) is 0.910. The van der Waals surface area contributed by atoms with Crippen LogP contribution in [0.5, 0.6) is 5.75 Å². The monoisotopic (exact) mass is 309 g/mol. The lowest BCUT2D eigenvalue weighted by molar-refractivity contribution is -0.121. The van der Waals surface area contributed by atoms with Crippen molar-refractivity contribution in [1.29, 1.82) is 0 Å². The van der Waals surface area contributed by atoms with Gasteiger partial charge in [-0.1, -0.05) is 42.5 Å². The summed E-state index contributed by atoms with van der Waals surface area (Å²) in [5.74, 6) is 0.766. The molecule has 0 radical (unpaired) electrons. The highest BCUT2D eigenvalue weighted by atomic mass is 16.5. The van der Waals surface area contributed by atoms with E-state index in [-0.39, 0.29) is 18.3 Å². The molecule has 0 aliphatic carbocycles. The average molecular weight is 309 g/mol. The van der Waals surface area contributed by atoms with E-state index < -0.39 is 5.54 Å². The third-order valence-corrected chi connectivity index (χ3v) is 3.84. The second-order valence-electron chi connectivity index (χ2n) is 5.80. The Hall–Kier alpha value is -2.82. The van der Waals surface area contributed by atoms with Crippen molar-refractivity contribution in [3.05, 3.63) is 65.7 Å². The first kappa shape index (κ1) is 15.1. The number of hydrogen-bond donors (Lipinski definition) is 2. The van der Waals surface area contributed by atoms with Gasteiger partial charge >= 0.3 is 0 Å². The molecule has 0 saturated heterocycles. The molecule has 2 aromatic rings. The standard InChI is InChI=1S/C18H19N3O2/c1-18(11-16(22)20-17(19)21-18)14-8-5-9-15(10-14)23-12-13-6-3-2-4-7-13/h2-10H,11-12H2,1H3,(H3,19,20,21,22). The van der Waals surface area contributed by atoms with Crippen LogP contribution in [0, 0.1) is 0 Å². The fourth-order valence-corrected chi connectivity index (χ4v) is 2.66. The van der Waals surface area contributed by atoms with Crippen LogP contribution in [-0.2, 0) is 16.9 Å². The van der Waals surface area contributed by atoms with Crippen molar-refractivity contribution in [2.24, 2.45) is 10.7 Å². The molecule has 2 aromatic carbocycles. The summed E-state index contributed by atoms with van der Waals surface area (Å²) < 4.78 is 5.84. The molecule has 23 heavy (non-hydrogen) atoms. The average Bonchev–Trinajstić information content (AvgIpc) is 2.53. The van der Waals surface area contributed by atoms with Crippen molar-refractivity contribution in [1.82, 2.24) is 5.32 Å². The van der Waals surface area contributed by atoms with Crippen molar-refractivity contribution < 1.29 is 9.53 Å². The molecule has 3 N–H and O–H groups in total. The molecule has 0 bridgehead atoms. The molecule has 1 atom stereocenters. The Morgan fingerprint density at radius 2 is 2.00 bits per heavy atom. The van der Waals surface area contributed by atoms with Gasteiger partial charge < -0.3 is 10.5 Å². The lowest BCUT2D eigenvalue weighted by atomic mass is 9.88. The highest BCUT2D eigenvalue weighted by Gasteiger charge is 2.33. The molecule has 1 heterocycles. The van der Waals surface area contributed by atoms with E-state index in [1.807, 2.05) is 61.5 Å². The van der Waals surface area contributed by atoms with Crippen LogP contribution in [0.3, 0.4) is 0 Å². The van der Waals surface area contributed by atoms with Gasteiger partial charge in [-0.25, -0.2) is 4.99 Å². The van der Waals surface area contributed by atoms with Crippen LogP contribution in [-0.4, -0.2) is 11.9 Å². The predicted octanol–water partition coefficient (Wildman–Crippen LogP) is 2.32. The van der Waals surface area contributed by atoms with E-state index in [4.69, 9.17) is 10.5 Å². The fourth-order valence-electron chi connectivity index (χ4n) is 2.66. The summed E-state index contributed by atoms with van der Waals surface area (Å²) in [7, 11) is 0. The molecule has 0 fully saturated rings. The summed E-state index contributed by atoms with van der Waals surface area (Å²) in [6.45, 7) is 2.39. The molecule has 118 valence electrons. The minimum absolute atomic E-state index is 0.129. The summed E-state index contributed by atoms with van der Waals surface area (Å²) in [6, 6.07) is 17.6. The Labute approximate surface area is 135 Å². The van der Waals surface area contributed by atoms with Gasteiger partial charge in [0.2, 0.25) is 5.91 Å². The number of carbonyl (C=O) groups excluding carboxylic acids is 1. The van der Waals surface area contributed by atoms with E-state index in [1.165, 1.54) is 0 Å². The van der Waals surface area contributed by atoms with Crippen LogP contribution in [0.4, 0.5) is 0 Å². The molecular weight excluding hydrogens is 290 g/mol. The summed E-state index contributed by atoms with van der Waals surface area (Å²) >= 11 is 0. The molecule has 0 aromatic heterocycles. The van der Waals surface area contributed by atoms with Crippen molar-refractivity contribution in [3.8, 4) is 5.75 Å². The van der Waals surface area contributed by atoms with Gasteiger partial charge in [0.25, 0.3) is 0 Å². The number of nitrogens with zero attached hydrogens (tertiary/aromatic N) is 1. The first-order chi connectivity index (χ1) is 11.0. The number of amides is 1. The molecule has 0 spiro atoms. The van der Waals surface area contributed by atoms with Crippen molar-refractivity contribution in [3.63, 3.8) is 0 Å². The maximum Gasteiger partial charge on any atom is 0.229 e. The van der Waals surface area contributed by atoms with Gasteiger partial charge in [0, 0.05) is 0 Å². The van der Waals surface area contributed by atoms with Gasteiger partial charge in [-0.3, -0.25) is 10.1 Å². The highest BCUT2D eigenvalue weighted by molar-refractivity contribution is 5.99. The minimum atomic E-state index is -0.668. The molecular formula is C18H19N3O2. The predicted molar refractivity (Wildman–Crippen MR) is 89.0 cm³/mol. The Balaban J connectivity index is 1.80. The van der Waals surface area contributed by atoms with Gasteiger partial charge in [0.15, 0.2) is 5.96 Å². The van der Waals surface area contributed by atoms with E-state index in [1.54, 1.807) is 0 Å². The third kappa shape index (κ3) is 3.51. The zero-order valence-corrected chi connectivity index (χ0v) is 13.0. The number of benzene rings is 2. The highest BCUT2D eigenvalue weighted by Crippen LogP contribution is 2.33. The first-order valence-electron chi connectivity index (χ1n) is 7.48. The number of rotatable bonds is 4. The molecule has 1 amide bonds. The van der Waals surface area contributed by atoms with E-state index in [9.17, 15) is 4.79 Å². The van der Waals surface area contributed by atoms with Crippen LogP contribution in [0.25, 0.3) is 0 Å². The van der Waals surface area contributed by atoms with Crippen LogP contribution in [0.1, 0.15) is 24.5 Å². The molecule has 5 nitrogen and oxygen atoms in total. The third-order valence-electron chi connectivity index (χ3n) is 3.84. The summed E-state index contributed by atoms with van der Waals surface area (Å²) in [4.78, 5) is 16.2. The van der Waals surface area contributed by atoms with Gasteiger partial charge in [-0.15, -0.1) is 0 Å². The zero-order chi connectivity index (χ0) is 16.3. The Morgan fingerprint density at radius 3 is 2.74 bits per heavy atom. The van der Waals surface area contributed by atoms with Crippen LogP contribution in [0.15, 0.2) is 59.6 Å². The summed E-state index contributed by atoms with van der Waals surface area (Å²) in [6.07, 6.45) is 0.260. The molecule has 0 saturated carbocycles. The van der Waals surface area contributed by atoms with Crippen LogP contribution >= 0.6 is 0 Å². The number of aliphatic imine (C=N–C) groups is 1. The maximum atomic E-state index is 11.8. The number of ether oxygens (including phenoxy) is 1. The smallest absolute Gasteiger partial charge is 0.229 e. The Bertz CT molecular complexity index is 743. The van der Waals surface area contributed by atoms with Gasteiger partial charge in [0.05, 0.1) is 12.0 Å². The minimum Gasteiger partial charge on any atom is -0.489 e. The van der Waals surface area contributed by atoms with Crippen LogP contribution < -0.4 is 15.8 Å². The molecule has 1 aliphatic rings. The van der Waals surface area contributed by atoms with E-state index in [0.717, 1.165) is 16.9 Å². The largest absolute Gasteiger partial charge is 0.489 e. The van der Waals surface area contributed by atoms with E-state index in [0.29, 0.717) is 6.61 Å². The summed E-state index contributed by atoms with van der Waals surface area (Å²) in [5.41, 5.74) is 7.03. The zero-order valence-electron chi connectivity index (χ0n) is 13.0. The topological polar surface area (TPSA) is 76.7 Å². The van der Waals surface area contributed by atoms with Gasteiger partial charge in [0.1, 0.15) is 12.4 Å². The van der Waals surface area contributed by atoms with Gasteiger partial charge in [-0.05, 0) is 30.2 Å². The number of nitrogens with one attached hydrogen (secondary N) is 1. The molecule has 1 unspecified atom stereocenters. The second-order valence-corrected chi connectivity index (χ2v) is 5.80. The van der Waals surface area contributed by atoms with Gasteiger partial charge in [-0.2, -0.15) is 0 Å². The number of carbonyl (C=O) groups is 1. The van der Waals surface area contributed by atoms with Crippen LogP contribution in [0.2, 0.25) is 0 Å². The second kappa shape index (κ2) is 6.12. The first-order valence-corrected chi connectivity index (χ1v) is 7.48.